The topological polar surface area (TPSA) is 44.4 Å². The average Bonchev–Trinajstić information content (AvgIpc) is 2.44. The molecule has 0 aromatic rings. The van der Waals surface area contributed by atoms with E-state index in [1.807, 2.05) is 7.05 Å². The number of hydrogen-bond donors (Lipinski definition) is 2. The van der Waals surface area contributed by atoms with Crippen LogP contribution in [0.15, 0.2) is 0 Å². The van der Waals surface area contributed by atoms with E-state index in [-0.39, 0.29) is 5.91 Å². The Kier molecular flexibility index (Phi) is 8.93. The van der Waals surface area contributed by atoms with E-state index >= 15 is 0 Å². The van der Waals surface area contributed by atoms with Crippen LogP contribution < -0.4 is 10.6 Å². The first kappa shape index (κ1) is 18.4. The number of nitrogens with one attached hydrogen (secondary N) is 2. The van der Waals surface area contributed by atoms with E-state index in [4.69, 9.17) is 0 Å². The van der Waals surface area contributed by atoms with E-state index in [2.05, 4.69) is 36.3 Å². The quantitative estimate of drug-likeness (QED) is 0.687. The first-order valence-corrected chi connectivity index (χ1v) is 8.71. The van der Waals surface area contributed by atoms with Crippen molar-refractivity contribution in [1.82, 2.24) is 15.5 Å². The van der Waals surface area contributed by atoms with Gasteiger partial charge in [0, 0.05) is 12.1 Å². The summed E-state index contributed by atoms with van der Waals surface area (Å²) in [6.45, 7) is 9.26. The lowest BCUT2D eigenvalue weighted by Gasteiger charge is -2.35. The lowest BCUT2D eigenvalue weighted by atomic mass is 9.99. The molecule has 0 aliphatic carbocycles. The van der Waals surface area contributed by atoms with Crippen molar-refractivity contribution in [2.75, 3.05) is 26.7 Å². The zero-order chi connectivity index (χ0) is 15.7. The van der Waals surface area contributed by atoms with Crippen LogP contribution in [0.3, 0.4) is 0 Å². The van der Waals surface area contributed by atoms with Crippen LogP contribution in [0.2, 0.25) is 0 Å². The maximum absolute atomic E-state index is 12.2. The Bertz CT molecular complexity index is 294. The standard InChI is InChI=1S/C17H35N3O/c1-14(2)8-9-15(3)19-17(21)13-20-12-6-5-7-16(20)10-11-18-4/h14-16,18H,5-13H2,1-4H3,(H,19,21). The Morgan fingerprint density at radius 3 is 2.67 bits per heavy atom. The molecule has 1 aliphatic heterocycles. The Hall–Kier alpha value is -0.610. The highest BCUT2D eigenvalue weighted by Crippen LogP contribution is 2.19. The van der Waals surface area contributed by atoms with Crippen LogP contribution in [0.5, 0.6) is 0 Å². The molecule has 1 rings (SSSR count). The summed E-state index contributed by atoms with van der Waals surface area (Å²) >= 11 is 0. The predicted molar refractivity (Wildman–Crippen MR) is 89.4 cm³/mol. The highest BCUT2D eigenvalue weighted by molar-refractivity contribution is 5.78. The molecule has 2 N–H and O–H groups in total. The van der Waals surface area contributed by atoms with Gasteiger partial charge in [0.25, 0.3) is 0 Å². The molecule has 0 radical (unpaired) electrons. The maximum Gasteiger partial charge on any atom is 0.234 e. The van der Waals surface area contributed by atoms with Gasteiger partial charge in [-0.05, 0) is 65.1 Å². The summed E-state index contributed by atoms with van der Waals surface area (Å²) in [5, 5.41) is 6.38. The molecule has 4 nitrogen and oxygen atoms in total. The molecule has 4 heteroatoms. The molecular weight excluding hydrogens is 262 g/mol. The number of amides is 1. The zero-order valence-corrected chi connectivity index (χ0v) is 14.5. The molecule has 1 aliphatic rings. The molecule has 2 atom stereocenters. The maximum atomic E-state index is 12.2. The molecule has 1 heterocycles. The number of carbonyl (C=O) groups excluding carboxylic acids is 1. The van der Waals surface area contributed by atoms with Gasteiger partial charge in [0.1, 0.15) is 0 Å². The summed E-state index contributed by atoms with van der Waals surface area (Å²) in [6.07, 6.45) is 7.16. The van der Waals surface area contributed by atoms with Crippen LogP contribution in [0.25, 0.3) is 0 Å². The van der Waals surface area contributed by atoms with Gasteiger partial charge in [-0.25, -0.2) is 0 Å². The monoisotopic (exact) mass is 297 g/mol. The number of piperidine rings is 1. The number of carbonyl (C=O) groups is 1. The lowest BCUT2D eigenvalue weighted by Crippen LogP contribution is -2.47. The largest absolute Gasteiger partial charge is 0.353 e. The minimum Gasteiger partial charge on any atom is -0.353 e. The lowest BCUT2D eigenvalue weighted by molar-refractivity contribution is -0.123. The van der Waals surface area contributed by atoms with Crippen molar-refractivity contribution in [2.24, 2.45) is 5.92 Å². The van der Waals surface area contributed by atoms with Gasteiger partial charge in [-0.1, -0.05) is 20.3 Å². The molecule has 0 aromatic carbocycles. The van der Waals surface area contributed by atoms with Crippen molar-refractivity contribution < 1.29 is 4.79 Å². The first-order chi connectivity index (χ1) is 10.0. The average molecular weight is 297 g/mol. The second kappa shape index (κ2) is 10.2. The summed E-state index contributed by atoms with van der Waals surface area (Å²) in [7, 11) is 2.00. The minimum absolute atomic E-state index is 0.197. The molecule has 1 fully saturated rings. The second-order valence-corrected chi connectivity index (χ2v) is 6.95. The molecule has 1 saturated heterocycles. The van der Waals surface area contributed by atoms with Gasteiger partial charge in [-0.3, -0.25) is 9.69 Å². The summed E-state index contributed by atoms with van der Waals surface area (Å²) < 4.78 is 0. The second-order valence-electron chi connectivity index (χ2n) is 6.95. The van der Waals surface area contributed by atoms with Crippen molar-refractivity contribution in [3.05, 3.63) is 0 Å². The molecule has 0 spiro atoms. The third kappa shape index (κ3) is 7.82. The number of rotatable bonds is 9. The minimum atomic E-state index is 0.197. The van der Waals surface area contributed by atoms with Gasteiger partial charge in [0.15, 0.2) is 0 Å². The molecule has 21 heavy (non-hydrogen) atoms. The molecule has 0 saturated carbocycles. The van der Waals surface area contributed by atoms with Crippen molar-refractivity contribution in [3.63, 3.8) is 0 Å². The summed E-state index contributed by atoms with van der Waals surface area (Å²) in [5.74, 6) is 0.903. The first-order valence-electron chi connectivity index (χ1n) is 8.71. The van der Waals surface area contributed by atoms with Crippen LogP contribution in [0.1, 0.15) is 59.3 Å². The summed E-state index contributed by atoms with van der Waals surface area (Å²) in [5.41, 5.74) is 0. The third-order valence-corrected chi connectivity index (χ3v) is 4.41. The Morgan fingerprint density at radius 1 is 1.24 bits per heavy atom. The van der Waals surface area contributed by atoms with Gasteiger partial charge >= 0.3 is 0 Å². The third-order valence-electron chi connectivity index (χ3n) is 4.41. The van der Waals surface area contributed by atoms with E-state index < -0.39 is 0 Å². The normalized spacial score (nSPS) is 21.5. The summed E-state index contributed by atoms with van der Waals surface area (Å²) in [4.78, 5) is 14.6. The predicted octanol–water partition coefficient (Wildman–Crippen LogP) is 2.39. The number of likely N-dealkylation sites (tertiary alicyclic amines) is 1. The molecule has 124 valence electrons. The van der Waals surface area contributed by atoms with Gasteiger partial charge in [-0.15, -0.1) is 0 Å². The Labute approximate surface area is 131 Å². The van der Waals surface area contributed by atoms with E-state index in [1.54, 1.807) is 0 Å². The van der Waals surface area contributed by atoms with Crippen LogP contribution in [0.4, 0.5) is 0 Å². The van der Waals surface area contributed by atoms with Crippen LogP contribution >= 0.6 is 0 Å². The smallest absolute Gasteiger partial charge is 0.234 e. The van der Waals surface area contributed by atoms with E-state index in [1.165, 1.54) is 25.7 Å². The fourth-order valence-electron chi connectivity index (χ4n) is 3.07. The van der Waals surface area contributed by atoms with Crippen molar-refractivity contribution in [2.45, 2.75) is 71.4 Å². The summed E-state index contributed by atoms with van der Waals surface area (Å²) in [6, 6.07) is 0.864. The Morgan fingerprint density at radius 2 is 2.00 bits per heavy atom. The fourth-order valence-corrected chi connectivity index (χ4v) is 3.07. The van der Waals surface area contributed by atoms with Crippen molar-refractivity contribution >= 4 is 5.91 Å². The zero-order valence-electron chi connectivity index (χ0n) is 14.5. The highest BCUT2D eigenvalue weighted by Gasteiger charge is 2.24. The fraction of sp³-hybridized carbons (Fsp3) is 0.941. The van der Waals surface area contributed by atoms with E-state index in [0.717, 1.165) is 25.9 Å². The van der Waals surface area contributed by atoms with Crippen LogP contribution in [-0.2, 0) is 4.79 Å². The molecule has 1 amide bonds. The van der Waals surface area contributed by atoms with Crippen molar-refractivity contribution in [3.8, 4) is 0 Å². The molecule has 2 unspecified atom stereocenters. The number of hydrogen-bond acceptors (Lipinski definition) is 3. The van der Waals surface area contributed by atoms with Gasteiger partial charge < -0.3 is 10.6 Å². The van der Waals surface area contributed by atoms with E-state index in [9.17, 15) is 4.79 Å². The van der Waals surface area contributed by atoms with Crippen molar-refractivity contribution in [1.29, 1.82) is 0 Å². The van der Waals surface area contributed by atoms with Gasteiger partial charge in [0.2, 0.25) is 5.91 Å². The highest BCUT2D eigenvalue weighted by atomic mass is 16.2. The van der Waals surface area contributed by atoms with Gasteiger partial charge in [-0.2, -0.15) is 0 Å². The van der Waals surface area contributed by atoms with E-state index in [0.29, 0.717) is 24.5 Å². The molecular formula is C17H35N3O. The van der Waals surface area contributed by atoms with Crippen LogP contribution in [0, 0.1) is 5.92 Å². The molecule has 0 bridgehead atoms. The number of nitrogens with zero attached hydrogens (tertiary/aromatic N) is 1. The van der Waals surface area contributed by atoms with Crippen LogP contribution in [-0.4, -0.2) is 49.6 Å². The SMILES string of the molecule is CNCCC1CCCCN1CC(=O)NC(C)CCC(C)C. The van der Waals surface area contributed by atoms with Gasteiger partial charge in [0.05, 0.1) is 6.54 Å². The molecule has 0 aromatic heterocycles. The Balaban J connectivity index is 2.33.